The number of carbonyl (C=O) groups is 4. The summed E-state index contributed by atoms with van der Waals surface area (Å²) < 4.78 is 14.3. The Bertz CT molecular complexity index is 2680. The van der Waals surface area contributed by atoms with Crippen LogP contribution in [0.4, 0.5) is 0 Å². The fraction of sp³-hybridized carbons (Fsp3) is 0.446. The van der Waals surface area contributed by atoms with E-state index in [-0.39, 0.29) is 67.4 Å². The maximum absolute atomic E-state index is 15.3. The van der Waals surface area contributed by atoms with E-state index in [1.165, 1.54) is 20.0 Å². The van der Waals surface area contributed by atoms with Crippen LogP contribution in [0.2, 0.25) is 10.0 Å². The summed E-state index contributed by atoms with van der Waals surface area (Å²) in [5.74, 6) is -1.07. The summed E-state index contributed by atoms with van der Waals surface area (Å²) in [6.45, 7) is 9.21. The van der Waals surface area contributed by atoms with Gasteiger partial charge in [-0.05, 0) is 122 Å². The molecule has 1 aliphatic carbocycles. The number of benzene rings is 4. The average molecular weight is 990 g/mol. The number of methoxy groups -OCH3 is 1. The van der Waals surface area contributed by atoms with Gasteiger partial charge in [-0.1, -0.05) is 79.5 Å². The van der Waals surface area contributed by atoms with Crippen molar-refractivity contribution in [1.29, 1.82) is 0 Å². The molecule has 5 atom stereocenters. The lowest BCUT2D eigenvalue weighted by molar-refractivity contribution is -0.148. The van der Waals surface area contributed by atoms with Gasteiger partial charge in [0.15, 0.2) is 5.78 Å². The SMILES string of the molecule is COC[C@@H]1CC(=O)[C@H](C)N(Cc2ccc(Cl)cc2Oc2ccc(-c3cnc(CN4CCCC4)n3C)cc2)C(=O)C[C@@H]([C@H]2CC(C)(C)c3ccccc32)C(=O)N(C)C[C@@H](Cc2ccc(Cl)cc2)N(C)C1=O. The van der Waals surface area contributed by atoms with Crippen LogP contribution in [-0.4, -0.2) is 112 Å². The van der Waals surface area contributed by atoms with Crippen LogP contribution in [0.1, 0.15) is 86.9 Å². The Morgan fingerprint density at radius 2 is 1.50 bits per heavy atom. The molecule has 0 bridgehead atoms. The second-order valence-corrected chi connectivity index (χ2v) is 21.1. The topological polar surface area (TPSA) is 118 Å². The van der Waals surface area contributed by atoms with E-state index in [4.69, 9.17) is 37.7 Å². The Morgan fingerprint density at radius 3 is 2.21 bits per heavy atom. The first kappa shape index (κ1) is 50.8. The highest BCUT2D eigenvalue weighted by Gasteiger charge is 2.46. The van der Waals surface area contributed by atoms with Gasteiger partial charge in [0, 0.05) is 68.8 Å². The lowest BCUT2D eigenvalue weighted by Crippen LogP contribution is -2.52. The first-order valence-corrected chi connectivity index (χ1v) is 25.2. The Morgan fingerprint density at radius 1 is 0.800 bits per heavy atom. The molecule has 5 aromatic rings. The maximum atomic E-state index is 15.3. The number of imidazole rings is 1. The standard InChI is InChI=1S/C56H66Cl2N6O6/c1-36-50(65)27-40(35-69-7)54(67)61(5)43(26-37-14-19-41(57)20-15-37)33-60(4)55(68)46(47-30-56(2,3)48-13-9-8-12-45(47)48)29-53(66)64(36)32-39-16-21-42(58)28-51(39)70-44-22-17-38(18-23-44)49-31-59-52(62(49)6)34-63-24-10-11-25-63/h8-9,12-23,28,31,36,40,43,46-47H,10-11,24-27,29-30,32-35H2,1-7H3/t36-,40-,43+,46-,47-/m0/s1. The summed E-state index contributed by atoms with van der Waals surface area (Å²) in [4.78, 5) is 72.0. The molecule has 2 saturated heterocycles. The summed E-state index contributed by atoms with van der Waals surface area (Å²) in [5.41, 5.74) is 5.47. The minimum absolute atomic E-state index is 0.00864. The summed E-state index contributed by atoms with van der Waals surface area (Å²) in [7, 11) is 7.03. The number of ether oxygens (including phenoxy) is 2. The van der Waals surface area contributed by atoms with Crippen LogP contribution in [0.5, 0.6) is 11.5 Å². The van der Waals surface area contributed by atoms with Crippen LogP contribution in [0.25, 0.3) is 11.3 Å². The molecule has 3 amide bonds. The summed E-state index contributed by atoms with van der Waals surface area (Å²) >= 11 is 12.9. The van der Waals surface area contributed by atoms with Crippen molar-refractivity contribution >= 4 is 46.7 Å². The fourth-order valence-corrected chi connectivity index (χ4v) is 11.1. The second kappa shape index (κ2) is 21.9. The lowest BCUT2D eigenvalue weighted by Gasteiger charge is -2.38. The van der Waals surface area contributed by atoms with Crippen LogP contribution < -0.4 is 4.74 Å². The zero-order chi connectivity index (χ0) is 49.9. The minimum Gasteiger partial charge on any atom is -0.457 e. The van der Waals surface area contributed by atoms with Crippen molar-refractivity contribution in [3.05, 3.63) is 135 Å². The number of nitrogens with zero attached hydrogens (tertiary/aromatic N) is 6. The minimum atomic E-state index is -0.990. The van der Waals surface area contributed by atoms with Gasteiger partial charge in [-0.25, -0.2) is 4.98 Å². The van der Waals surface area contributed by atoms with E-state index in [1.54, 1.807) is 53.9 Å². The summed E-state index contributed by atoms with van der Waals surface area (Å²) in [6.07, 6.45) is 5.11. The smallest absolute Gasteiger partial charge is 0.228 e. The van der Waals surface area contributed by atoms with E-state index in [1.807, 2.05) is 73.9 Å². The predicted molar refractivity (Wildman–Crippen MR) is 274 cm³/mol. The number of aromatic nitrogens is 2. The van der Waals surface area contributed by atoms with Crippen LogP contribution in [0, 0.1) is 11.8 Å². The first-order valence-electron chi connectivity index (χ1n) is 24.5. The van der Waals surface area contributed by atoms with Crippen molar-refractivity contribution in [2.45, 2.75) is 95.8 Å². The normalized spacial score (nSPS) is 22.7. The van der Waals surface area contributed by atoms with Crippen LogP contribution in [-0.2, 0) is 55.9 Å². The number of Topliss-reactive ketones (excluding diaryl/α,β-unsaturated/α-hetero) is 1. The molecular weight excluding hydrogens is 924 g/mol. The first-order chi connectivity index (χ1) is 33.5. The number of carbonyl (C=O) groups excluding carboxylic acids is 4. The third-order valence-electron chi connectivity index (χ3n) is 15.0. The molecule has 1 aromatic heterocycles. The zero-order valence-electron chi connectivity index (χ0n) is 41.5. The van der Waals surface area contributed by atoms with Gasteiger partial charge >= 0.3 is 0 Å². The number of hydrogen-bond acceptors (Lipinski definition) is 8. The van der Waals surface area contributed by atoms with Crippen LogP contribution in [0.15, 0.2) is 97.2 Å². The number of rotatable bonds is 12. The van der Waals surface area contributed by atoms with E-state index in [2.05, 4.69) is 35.4 Å². The highest BCUT2D eigenvalue weighted by atomic mass is 35.5. The highest BCUT2D eigenvalue weighted by molar-refractivity contribution is 6.31. The molecule has 370 valence electrons. The third kappa shape index (κ3) is 11.3. The van der Waals surface area contributed by atoms with E-state index in [9.17, 15) is 9.59 Å². The highest BCUT2D eigenvalue weighted by Crippen LogP contribution is 2.50. The van der Waals surface area contributed by atoms with Gasteiger partial charge in [0.25, 0.3) is 0 Å². The zero-order valence-corrected chi connectivity index (χ0v) is 43.0. The fourth-order valence-electron chi connectivity index (χ4n) is 10.9. The van der Waals surface area contributed by atoms with Crippen LogP contribution in [0.3, 0.4) is 0 Å². The average Bonchev–Trinajstić information content (AvgIpc) is 4.07. The van der Waals surface area contributed by atoms with Crippen LogP contribution >= 0.6 is 23.2 Å². The van der Waals surface area contributed by atoms with E-state index in [0.717, 1.165) is 53.4 Å². The molecule has 0 N–H and O–H groups in total. The molecule has 12 nitrogen and oxygen atoms in total. The van der Waals surface area contributed by atoms with Gasteiger partial charge in [-0.15, -0.1) is 0 Å². The van der Waals surface area contributed by atoms with Crippen molar-refractivity contribution in [1.82, 2.24) is 29.2 Å². The van der Waals surface area contributed by atoms with Crippen molar-refractivity contribution < 1.29 is 28.7 Å². The van der Waals surface area contributed by atoms with Gasteiger partial charge in [0.1, 0.15) is 17.3 Å². The summed E-state index contributed by atoms with van der Waals surface area (Å²) in [6, 6.07) is 27.2. The van der Waals surface area contributed by atoms with Crippen molar-refractivity contribution in [3.63, 3.8) is 0 Å². The number of ketones is 1. The number of halogens is 2. The Balaban J connectivity index is 1.12. The molecule has 2 aliphatic heterocycles. The molecule has 0 saturated carbocycles. The molecule has 0 unspecified atom stereocenters. The molecular formula is C56H66Cl2N6O6. The molecule has 4 aromatic carbocycles. The Kier molecular flexibility index (Phi) is 15.9. The predicted octanol–water partition coefficient (Wildman–Crippen LogP) is 9.73. The van der Waals surface area contributed by atoms with Gasteiger partial charge in [-0.3, -0.25) is 24.1 Å². The molecule has 3 heterocycles. The Labute approximate surface area is 422 Å². The number of likely N-dealkylation sites (tertiary alicyclic amines) is 1. The van der Waals surface area contributed by atoms with Crippen molar-refractivity contribution in [2.75, 3.05) is 47.4 Å². The molecule has 70 heavy (non-hydrogen) atoms. The number of amides is 3. The number of likely N-dealkylation sites (N-methyl/N-ethyl adjacent to an activating group) is 2. The second-order valence-electron chi connectivity index (χ2n) is 20.2. The quantitative estimate of drug-likeness (QED) is 0.121. The third-order valence-corrected chi connectivity index (χ3v) is 15.5. The summed E-state index contributed by atoms with van der Waals surface area (Å²) in [5, 5.41) is 1.02. The number of hydrogen-bond donors (Lipinski definition) is 0. The maximum Gasteiger partial charge on any atom is 0.228 e. The van der Waals surface area contributed by atoms with E-state index >= 15 is 9.59 Å². The Hall–Kier alpha value is -5.53. The van der Waals surface area contributed by atoms with Crippen molar-refractivity contribution in [3.8, 4) is 22.8 Å². The van der Waals surface area contributed by atoms with Gasteiger partial charge in [0.2, 0.25) is 17.7 Å². The van der Waals surface area contributed by atoms with Gasteiger partial charge in [0.05, 0.1) is 55.5 Å². The van der Waals surface area contributed by atoms with Gasteiger partial charge < -0.3 is 28.7 Å². The van der Waals surface area contributed by atoms with E-state index < -0.39 is 23.9 Å². The molecule has 14 heteroatoms. The molecule has 8 rings (SSSR count). The monoisotopic (exact) mass is 988 g/mol. The molecule has 3 aliphatic rings. The number of fused-ring (bicyclic) bond motifs is 1. The lowest BCUT2D eigenvalue weighted by atomic mass is 9.80. The van der Waals surface area contributed by atoms with Crippen molar-refractivity contribution in [2.24, 2.45) is 18.9 Å². The van der Waals surface area contributed by atoms with E-state index in [0.29, 0.717) is 39.9 Å². The largest absolute Gasteiger partial charge is 0.457 e. The van der Waals surface area contributed by atoms with Gasteiger partial charge in [-0.2, -0.15) is 0 Å². The molecule has 0 radical (unpaired) electrons. The molecule has 0 spiro atoms. The molecule has 2 fully saturated rings.